The van der Waals surface area contributed by atoms with Gasteiger partial charge in [-0.05, 0) is 33.3 Å². The lowest BCUT2D eigenvalue weighted by atomic mass is 10.0. The van der Waals surface area contributed by atoms with Crippen LogP contribution >= 0.6 is 27.3 Å². The highest BCUT2D eigenvalue weighted by Gasteiger charge is 2.17. The highest BCUT2D eigenvalue weighted by atomic mass is 79.9. The maximum atomic E-state index is 5.47. The van der Waals surface area contributed by atoms with E-state index >= 15 is 0 Å². The molecule has 3 N–H and O–H groups in total. The van der Waals surface area contributed by atoms with Gasteiger partial charge in [-0.15, -0.1) is 11.3 Å². The van der Waals surface area contributed by atoms with Crippen LogP contribution in [-0.4, -0.2) is 0 Å². The van der Waals surface area contributed by atoms with Crippen molar-refractivity contribution in [1.82, 2.24) is 5.43 Å². The van der Waals surface area contributed by atoms with Crippen molar-refractivity contribution < 1.29 is 0 Å². The Kier molecular flexibility index (Phi) is 3.71. The summed E-state index contributed by atoms with van der Waals surface area (Å²) in [6.07, 6.45) is 0. The summed E-state index contributed by atoms with van der Waals surface area (Å²) in [7, 11) is 0. The minimum Gasteiger partial charge on any atom is -0.271 e. The van der Waals surface area contributed by atoms with E-state index in [-0.39, 0.29) is 6.04 Å². The van der Waals surface area contributed by atoms with E-state index in [1.165, 1.54) is 4.88 Å². The Morgan fingerprint density at radius 3 is 2.58 bits per heavy atom. The van der Waals surface area contributed by atoms with Crippen LogP contribution in [0.5, 0.6) is 0 Å². The first-order valence-electron chi connectivity index (χ1n) is 3.85. The van der Waals surface area contributed by atoms with Gasteiger partial charge in [0, 0.05) is 9.35 Å². The van der Waals surface area contributed by atoms with E-state index in [0.29, 0.717) is 5.92 Å². The van der Waals surface area contributed by atoms with E-state index < -0.39 is 0 Å². The molecule has 0 aliphatic rings. The molecule has 2 nitrogen and oxygen atoms in total. The normalized spacial score (nSPS) is 13.8. The highest BCUT2D eigenvalue weighted by Crippen LogP contribution is 2.32. The zero-order chi connectivity index (χ0) is 9.14. The van der Waals surface area contributed by atoms with Crippen LogP contribution in [0.1, 0.15) is 24.8 Å². The van der Waals surface area contributed by atoms with Gasteiger partial charge in [-0.25, -0.2) is 0 Å². The molecule has 0 spiro atoms. The molecule has 12 heavy (non-hydrogen) atoms. The summed E-state index contributed by atoms with van der Waals surface area (Å²) in [4.78, 5) is 1.27. The molecule has 1 aromatic rings. The molecule has 0 aliphatic carbocycles. The van der Waals surface area contributed by atoms with Crippen molar-refractivity contribution in [3.8, 4) is 0 Å². The topological polar surface area (TPSA) is 38.0 Å². The fourth-order valence-corrected chi connectivity index (χ4v) is 2.95. The SMILES string of the molecule is CC(C)C(NN)c1sccc1Br. The Labute approximate surface area is 85.3 Å². The molecule has 1 heterocycles. The molecular formula is C8H13BrN2S. The molecule has 1 atom stereocenters. The summed E-state index contributed by atoms with van der Waals surface area (Å²) in [5.41, 5.74) is 2.83. The minimum atomic E-state index is 0.249. The van der Waals surface area contributed by atoms with Gasteiger partial charge >= 0.3 is 0 Å². The lowest BCUT2D eigenvalue weighted by Gasteiger charge is -2.18. The Balaban J connectivity index is 2.87. The van der Waals surface area contributed by atoms with E-state index in [0.717, 1.165) is 4.47 Å². The van der Waals surface area contributed by atoms with Crippen LogP contribution in [0.4, 0.5) is 0 Å². The molecule has 4 heteroatoms. The van der Waals surface area contributed by atoms with Crippen LogP contribution < -0.4 is 11.3 Å². The molecule has 0 saturated heterocycles. The van der Waals surface area contributed by atoms with Gasteiger partial charge in [0.15, 0.2) is 0 Å². The summed E-state index contributed by atoms with van der Waals surface area (Å²) >= 11 is 5.21. The van der Waals surface area contributed by atoms with Gasteiger partial charge in [-0.3, -0.25) is 11.3 Å². The van der Waals surface area contributed by atoms with E-state index in [1.807, 2.05) is 6.07 Å². The summed E-state index contributed by atoms with van der Waals surface area (Å²) < 4.78 is 1.14. The summed E-state index contributed by atoms with van der Waals surface area (Å²) in [6.45, 7) is 4.30. The van der Waals surface area contributed by atoms with Crippen molar-refractivity contribution >= 4 is 27.3 Å². The summed E-state index contributed by atoms with van der Waals surface area (Å²) in [5.74, 6) is 5.97. The molecule has 0 amide bonds. The second-order valence-electron chi connectivity index (χ2n) is 3.02. The van der Waals surface area contributed by atoms with Gasteiger partial charge in [0.1, 0.15) is 0 Å². The Morgan fingerprint density at radius 2 is 2.25 bits per heavy atom. The second kappa shape index (κ2) is 4.37. The number of hydrazine groups is 1. The average Bonchev–Trinajstić information content (AvgIpc) is 2.38. The van der Waals surface area contributed by atoms with E-state index in [9.17, 15) is 0 Å². The molecule has 68 valence electrons. The predicted octanol–water partition coefficient (Wildman–Crippen LogP) is 2.67. The van der Waals surface area contributed by atoms with Gasteiger partial charge in [-0.2, -0.15) is 0 Å². The fourth-order valence-electron chi connectivity index (χ4n) is 1.10. The molecule has 0 radical (unpaired) electrons. The van der Waals surface area contributed by atoms with E-state index in [1.54, 1.807) is 11.3 Å². The van der Waals surface area contributed by atoms with Crippen molar-refractivity contribution in [2.24, 2.45) is 11.8 Å². The van der Waals surface area contributed by atoms with Crippen molar-refractivity contribution in [1.29, 1.82) is 0 Å². The average molecular weight is 249 g/mol. The maximum absolute atomic E-state index is 5.47. The number of thiophene rings is 1. The molecule has 0 fully saturated rings. The molecule has 1 rings (SSSR count). The molecular weight excluding hydrogens is 236 g/mol. The lowest BCUT2D eigenvalue weighted by Crippen LogP contribution is -2.31. The number of nitrogens with one attached hydrogen (secondary N) is 1. The third-order valence-electron chi connectivity index (χ3n) is 1.77. The molecule has 0 aromatic carbocycles. The summed E-state index contributed by atoms with van der Waals surface area (Å²) in [6, 6.07) is 2.30. The van der Waals surface area contributed by atoms with Crippen LogP contribution in [0.15, 0.2) is 15.9 Å². The third-order valence-corrected chi connectivity index (χ3v) is 3.73. The van der Waals surface area contributed by atoms with Gasteiger partial charge in [0.05, 0.1) is 6.04 Å². The van der Waals surface area contributed by atoms with Crippen molar-refractivity contribution in [2.45, 2.75) is 19.9 Å². The fraction of sp³-hybridized carbons (Fsp3) is 0.500. The number of rotatable bonds is 3. The Morgan fingerprint density at radius 1 is 1.58 bits per heavy atom. The van der Waals surface area contributed by atoms with Crippen molar-refractivity contribution in [3.05, 3.63) is 20.8 Å². The van der Waals surface area contributed by atoms with Crippen LogP contribution in [0.25, 0.3) is 0 Å². The van der Waals surface area contributed by atoms with Gasteiger partial charge in [0.25, 0.3) is 0 Å². The van der Waals surface area contributed by atoms with Crippen molar-refractivity contribution in [2.75, 3.05) is 0 Å². The van der Waals surface area contributed by atoms with E-state index in [4.69, 9.17) is 5.84 Å². The van der Waals surface area contributed by atoms with Gasteiger partial charge in [0.2, 0.25) is 0 Å². The number of nitrogens with two attached hydrogens (primary N) is 1. The zero-order valence-corrected chi connectivity index (χ0v) is 9.58. The number of hydrogen-bond donors (Lipinski definition) is 2. The first-order valence-corrected chi connectivity index (χ1v) is 5.53. The highest BCUT2D eigenvalue weighted by molar-refractivity contribution is 9.10. The molecule has 0 bridgehead atoms. The van der Waals surface area contributed by atoms with Crippen LogP contribution in [0, 0.1) is 5.92 Å². The second-order valence-corrected chi connectivity index (χ2v) is 4.82. The Bertz CT molecular complexity index is 247. The van der Waals surface area contributed by atoms with E-state index in [2.05, 4.69) is 40.6 Å². The minimum absolute atomic E-state index is 0.249. The van der Waals surface area contributed by atoms with Crippen molar-refractivity contribution in [3.63, 3.8) is 0 Å². The smallest absolute Gasteiger partial charge is 0.0587 e. The van der Waals surface area contributed by atoms with Crippen LogP contribution in [0.2, 0.25) is 0 Å². The van der Waals surface area contributed by atoms with Crippen LogP contribution in [-0.2, 0) is 0 Å². The molecule has 1 aromatic heterocycles. The quantitative estimate of drug-likeness (QED) is 0.638. The molecule has 1 unspecified atom stereocenters. The molecule has 0 saturated carbocycles. The zero-order valence-electron chi connectivity index (χ0n) is 7.17. The van der Waals surface area contributed by atoms with Gasteiger partial charge in [-0.1, -0.05) is 13.8 Å². The first kappa shape index (κ1) is 10.2. The monoisotopic (exact) mass is 248 g/mol. The summed E-state index contributed by atoms with van der Waals surface area (Å²) in [5, 5.41) is 2.06. The maximum Gasteiger partial charge on any atom is 0.0587 e. The number of halogens is 1. The predicted molar refractivity (Wildman–Crippen MR) is 56.9 cm³/mol. The Hall–Kier alpha value is 0.100. The third kappa shape index (κ3) is 2.07. The first-order chi connectivity index (χ1) is 5.66. The van der Waals surface area contributed by atoms with Crippen LogP contribution in [0.3, 0.4) is 0 Å². The molecule has 0 aliphatic heterocycles. The number of hydrogen-bond acceptors (Lipinski definition) is 3. The largest absolute Gasteiger partial charge is 0.271 e. The van der Waals surface area contributed by atoms with Gasteiger partial charge < -0.3 is 0 Å². The standard InChI is InChI=1S/C8H13BrN2S/c1-5(2)7(11-10)8-6(9)3-4-12-8/h3-5,7,11H,10H2,1-2H3. The lowest BCUT2D eigenvalue weighted by molar-refractivity contribution is 0.426.